The Morgan fingerprint density at radius 1 is 1.15 bits per heavy atom. The van der Waals surface area contributed by atoms with Gasteiger partial charge in [-0.3, -0.25) is 0 Å². The molecule has 8 nitrogen and oxygen atoms in total. The molecule has 5 N–H and O–H groups in total. The Morgan fingerprint density at radius 3 is 2.44 bits per heavy atom. The minimum absolute atomic E-state index is 0.0878. The van der Waals surface area contributed by atoms with Gasteiger partial charge in [-0.2, -0.15) is 0 Å². The van der Waals surface area contributed by atoms with Gasteiger partial charge in [-0.25, -0.2) is 4.98 Å². The summed E-state index contributed by atoms with van der Waals surface area (Å²) in [6.45, 7) is 4.33. The lowest BCUT2D eigenvalue weighted by atomic mass is 9.87. The van der Waals surface area contributed by atoms with Crippen molar-refractivity contribution in [2.45, 2.75) is 45.1 Å². The molecule has 1 atom stereocenters. The summed E-state index contributed by atoms with van der Waals surface area (Å²) in [5, 5.41) is 11.0. The number of nitrogens with two attached hydrogens (primary N) is 2. The smallest absolute Gasteiger partial charge is 0.207 e. The Balaban J connectivity index is 1.50. The molecule has 0 aliphatic carbocycles. The van der Waals surface area contributed by atoms with Crippen molar-refractivity contribution < 1.29 is 24.1 Å². The summed E-state index contributed by atoms with van der Waals surface area (Å²) in [5.74, 6) is 2.64. The summed E-state index contributed by atoms with van der Waals surface area (Å²) in [4.78, 5) is 5.03. The van der Waals surface area contributed by atoms with E-state index in [1.807, 2.05) is 31.2 Å². The van der Waals surface area contributed by atoms with Crippen LogP contribution in [0.3, 0.4) is 0 Å². The normalized spacial score (nSPS) is 17.1. The van der Waals surface area contributed by atoms with E-state index in [1.165, 1.54) is 18.4 Å². The predicted molar refractivity (Wildman–Crippen MR) is 134 cm³/mol. The van der Waals surface area contributed by atoms with Crippen molar-refractivity contribution in [3.63, 3.8) is 0 Å². The van der Waals surface area contributed by atoms with Crippen LogP contribution in [0.25, 0.3) is 0 Å². The average molecular weight is 486 g/mol. The highest BCUT2D eigenvalue weighted by molar-refractivity contribution is 7.15. The highest BCUT2D eigenvalue weighted by Crippen LogP contribution is 2.52. The quantitative estimate of drug-likeness (QED) is 0.427. The topological polar surface area (TPSA) is 122 Å². The van der Waals surface area contributed by atoms with Gasteiger partial charge >= 0.3 is 0 Å². The van der Waals surface area contributed by atoms with Crippen molar-refractivity contribution in [1.82, 2.24) is 4.98 Å². The van der Waals surface area contributed by atoms with E-state index in [2.05, 4.69) is 11.9 Å². The maximum atomic E-state index is 10.5. The molecule has 1 aliphatic heterocycles. The van der Waals surface area contributed by atoms with Crippen LogP contribution in [0.5, 0.6) is 28.7 Å². The van der Waals surface area contributed by atoms with Crippen LogP contribution in [0.1, 0.15) is 41.3 Å². The van der Waals surface area contributed by atoms with Crippen molar-refractivity contribution in [2.24, 2.45) is 0 Å². The van der Waals surface area contributed by atoms with E-state index in [-0.39, 0.29) is 11.5 Å². The van der Waals surface area contributed by atoms with Crippen LogP contribution in [-0.4, -0.2) is 36.5 Å². The van der Waals surface area contributed by atoms with E-state index < -0.39 is 5.60 Å². The Hall–Kier alpha value is -3.33. The van der Waals surface area contributed by atoms with Gasteiger partial charge in [0.05, 0.1) is 19.1 Å². The zero-order valence-corrected chi connectivity index (χ0v) is 20.8. The zero-order chi connectivity index (χ0) is 24.5. The number of hydrogen-bond donors (Lipinski definition) is 3. The molecule has 0 amide bonds. The van der Waals surface area contributed by atoms with E-state index >= 15 is 0 Å². The number of ether oxygens (including phenoxy) is 4. The number of thiazole rings is 1. The van der Waals surface area contributed by atoms with Crippen LogP contribution < -0.4 is 30.4 Å². The lowest BCUT2D eigenvalue weighted by molar-refractivity contribution is -0.00425. The third-order valence-corrected chi connectivity index (χ3v) is 7.35. The number of benzene rings is 2. The highest BCUT2D eigenvalue weighted by atomic mass is 32.1. The van der Waals surface area contributed by atoms with Crippen LogP contribution in [0, 0.1) is 6.92 Å². The number of anilines is 2. The Kier molecular flexibility index (Phi) is 6.65. The van der Waals surface area contributed by atoms with Crippen LogP contribution in [0.2, 0.25) is 0 Å². The molecule has 3 aromatic rings. The van der Waals surface area contributed by atoms with E-state index in [0.717, 1.165) is 46.6 Å². The summed E-state index contributed by atoms with van der Waals surface area (Å²) in [5.41, 5.74) is 13.9. The molecule has 0 radical (unpaired) electrons. The summed E-state index contributed by atoms with van der Waals surface area (Å²) >= 11 is 1.41. The number of phenols is 1. The minimum atomic E-state index is -0.526. The molecule has 1 aliphatic rings. The fourth-order valence-electron chi connectivity index (χ4n) is 4.30. The van der Waals surface area contributed by atoms with Crippen molar-refractivity contribution in [1.29, 1.82) is 0 Å². The second-order valence-electron chi connectivity index (χ2n) is 8.46. The lowest BCUT2D eigenvalue weighted by Gasteiger charge is -2.39. The zero-order valence-electron chi connectivity index (χ0n) is 19.9. The number of aromatic nitrogens is 1. The molecule has 4 rings (SSSR count). The first-order valence-corrected chi connectivity index (χ1v) is 12.0. The van der Waals surface area contributed by atoms with E-state index in [0.29, 0.717) is 35.5 Å². The fraction of sp³-hybridized carbons (Fsp3) is 0.400. The first-order chi connectivity index (χ1) is 16.3. The van der Waals surface area contributed by atoms with Crippen molar-refractivity contribution in [3.05, 3.63) is 45.8 Å². The second kappa shape index (κ2) is 9.50. The van der Waals surface area contributed by atoms with Crippen LogP contribution in [0.15, 0.2) is 24.3 Å². The van der Waals surface area contributed by atoms with Gasteiger partial charge in [-0.05, 0) is 43.9 Å². The molecule has 0 bridgehead atoms. The molecule has 0 saturated heterocycles. The number of nitrogen functional groups attached to an aromatic ring is 2. The minimum Gasteiger partial charge on any atom is -0.504 e. The Bertz CT molecular complexity index is 1180. The highest BCUT2D eigenvalue weighted by Gasteiger charge is 2.40. The first-order valence-electron chi connectivity index (χ1n) is 11.2. The fourth-order valence-corrected chi connectivity index (χ4v) is 5.09. The maximum absolute atomic E-state index is 10.5. The van der Waals surface area contributed by atoms with Crippen molar-refractivity contribution >= 4 is 22.3 Å². The number of aromatic hydroxyl groups is 1. The van der Waals surface area contributed by atoms with Crippen molar-refractivity contribution in [3.8, 4) is 28.7 Å². The molecule has 0 spiro atoms. The average Bonchev–Trinajstić information content (AvgIpc) is 3.16. The lowest BCUT2D eigenvalue weighted by Crippen LogP contribution is -2.44. The molecule has 1 unspecified atom stereocenters. The van der Waals surface area contributed by atoms with E-state index in [1.54, 1.807) is 7.11 Å². The molecule has 1 aromatic heterocycles. The maximum Gasteiger partial charge on any atom is 0.207 e. The Labute approximate surface area is 203 Å². The summed E-state index contributed by atoms with van der Waals surface area (Å²) < 4.78 is 23.7. The number of hydrogen-bond acceptors (Lipinski definition) is 9. The molecule has 182 valence electrons. The second-order valence-corrected chi connectivity index (χ2v) is 9.57. The number of nitrogens with zero attached hydrogens (tertiary/aromatic N) is 1. The summed E-state index contributed by atoms with van der Waals surface area (Å²) in [7, 11) is 3.05. The van der Waals surface area contributed by atoms with E-state index in [9.17, 15) is 5.11 Å². The Morgan fingerprint density at radius 2 is 1.85 bits per heavy atom. The predicted octanol–water partition coefficient (Wildman–Crippen LogP) is 4.48. The SMILES string of the molecule is CCC1(COc2ccc(Cc3sc(N)nc3N)cc2)CCc2c(C)c(O)c(OC)c(OC)c2O1. The third-order valence-electron chi connectivity index (χ3n) is 6.45. The van der Waals surface area contributed by atoms with Gasteiger partial charge in [0.1, 0.15) is 23.8 Å². The van der Waals surface area contributed by atoms with Crippen LogP contribution >= 0.6 is 11.3 Å². The van der Waals surface area contributed by atoms with Gasteiger partial charge in [-0.1, -0.05) is 30.4 Å². The number of fused-ring (bicyclic) bond motifs is 1. The standard InChI is InChI=1S/C25H31N3O5S/c1-5-25(11-10-17-14(2)19(29)21(30-3)22(31-4)20(17)33-25)13-32-16-8-6-15(7-9-16)12-18-23(26)28-24(27)34-18/h6-9,29H,5,10-13,26H2,1-4H3,(H2,27,28). The molecular formula is C25H31N3O5S. The number of phenolic OH excluding ortho intramolecular Hbond substituents is 1. The molecule has 2 aromatic carbocycles. The molecule has 34 heavy (non-hydrogen) atoms. The van der Waals surface area contributed by atoms with Gasteiger partial charge < -0.3 is 35.5 Å². The summed E-state index contributed by atoms with van der Waals surface area (Å²) in [6.07, 6.45) is 2.93. The third kappa shape index (κ3) is 4.40. The monoisotopic (exact) mass is 485 g/mol. The molecule has 2 heterocycles. The van der Waals surface area contributed by atoms with Gasteiger partial charge in [0.25, 0.3) is 0 Å². The van der Waals surface area contributed by atoms with Crippen LogP contribution in [-0.2, 0) is 12.8 Å². The summed E-state index contributed by atoms with van der Waals surface area (Å²) in [6, 6.07) is 7.92. The number of methoxy groups -OCH3 is 2. The van der Waals surface area contributed by atoms with E-state index in [4.69, 9.17) is 30.4 Å². The van der Waals surface area contributed by atoms with Gasteiger partial charge in [0, 0.05) is 17.5 Å². The van der Waals surface area contributed by atoms with Crippen LogP contribution in [0.4, 0.5) is 10.9 Å². The number of rotatable bonds is 8. The molecular weight excluding hydrogens is 454 g/mol. The largest absolute Gasteiger partial charge is 0.504 e. The first kappa shape index (κ1) is 23.8. The van der Waals surface area contributed by atoms with Gasteiger partial charge in [0.2, 0.25) is 11.5 Å². The molecule has 9 heteroatoms. The molecule has 0 fully saturated rings. The van der Waals surface area contributed by atoms with Crippen molar-refractivity contribution in [2.75, 3.05) is 32.3 Å². The van der Waals surface area contributed by atoms with Gasteiger partial charge in [0.15, 0.2) is 16.6 Å². The molecule has 0 saturated carbocycles. The van der Waals surface area contributed by atoms with Gasteiger partial charge in [-0.15, -0.1) is 0 Å².